The van der Waals surface area contributed by atoms with Crippen molar-refractivity contribution >= 4 is 15.7 Å². The lowest BCUT2D eigenvalue weighted by Gasteiger charge is -2.19. The summed E-state index contributed by atoms with van der Waals surface area (Å²) in [4.78, 5) is 0. The van der Waals surface area contributed by atoms with Gasteiger partial charge < -0.3 is 4.52 Å². The molecule has 0 aliphatic heterocycles. The number of hydrogen-bond donors (Lipinski definition) is 0. The summed E-state index contributed by atoms with van der Waals surface area (Å²) in [6.45, 7) is 1.67. The van der Waals surface area contributed by atoms with E-state index in [4.69, 9.17) is 0 Å². The number of hydrogen-bond acceptors (Lipinski definition) is 4. The van der Waals surface area contributed by atoms with Crippen molar-refractivity contribution in [2.24, 2.45) is 0 Å². The number of rotatable bonds is 4. The Morgan fingerprint density at radius 2 is 2.00 bits per heavy atom. The van der Waals surface area contributed by atoms with E-state index in [0.717, 1.165) is 16.4 Å². The SMILES string of the molecule is Cc1conc1CS(=O)(=O)N(C)c1ccc(F)c(F)c1. The molecule has 0 saturated heterocycles. The maximum Gasteiger partial charge on any atom is 0.240 e. The Kier molecular flexibility index (Phi) is 3.76. The van der Waals surface area contributed by atoms with E-state index < -0.39 is 21.7 Å². The van der Waals surface area contributed by atoms with Crippen LogP contribution in [0, 0.1) is 18.6 Å². The van der Waals surface area contributed by atoms with Crippen molar-refractivity contribution in [1.29, 1.82) is 0 Å². The van der Waals surface area contributed by atoms with Crippen molar-refractivity contribution in [3.63, 3.8) is 0 Å². The molecular weight excluding hydrogens is 290 g/mol. The lowest BCUT2D eigenvalue weighted by atomic mass is 10.3. The van der Waals surface area contributed by atoms with Crippen LogP contribution >= 0.6 is 0 Å². The van der Waals surface area contributed by atoms with E-state index in [0.29, 0.717) is 5.56 Å². The summed E-state index contributed by atoms with van der Waals surface area (Å²) in [7, 11) is -2.51. The maximum atomic E-state index is 13.1. The second-order valence-electron chi connectivity index (χ2n) is 4.27. The third-order valence-corrected chi connectivity index (χ3v) is 4.53. The first kappa shape index (κ1) is 14.4. The highest BCUT2D eigenvalue weighted by atomic mass is 32.2. The van der Waals surface area contributed by atoms with Crippen molar-refractivity contribution < 1.29 is 21.7 Å². The van der Waals surface area contributed by atoms with Gasteiger partial charge in [0.1, 0.15) is 17.7 Å². The lowest BCUT2D eigenvalue weighted by molar-refractivity contribution is 0.413. The van der Waals surface area contributed by atoms with Gasteiger partial charge in [-0.2, -0.15) is 0 Å². The molecule has 0 bridgehead atoms. The Balaban J connectivity index is 2.29. The van der Waals surface area contributed by atoms with E-state index in [2.05, 4.69) is 9.68 Å². The third kappa shape index (κ3) is 2.79. The molecule has 0 unspecified atom stereocenters. The van der Waals surface area contributed by atoms with Gasteiger partial charge >= 0.3 is 0 Å². The summed E-state index contributed by atoms with van der Waals surface area (Å²) in [6.07, 6.45) is 1.34. The first-order valence-corrected chi connectivity index (χ1v) is 7.23. The number of nitrogens with zero attached hydrogens (tertiary/aromatic N) is 2. The van der Waals surface area contributed by atoms with Crippen LogP contribution in [0.15, 0.2) is 29.0 Å². The molecule has 0 radical (unpaired) electrons. The van der Waals surface area contributed by atoms with Gasteiger partial charge in [-0.25, -0.2) is 17.2 Å². The molecule has 2 aromatic rings. The second-order valence-corrected chi connectivity index (χ2v) is 6.27. The molecule has 0 N–H and O–H groups in total. The zero-order valence-electron chi connectivity index (χ0n) is 10.8. The highest BCUT2D eigenvalue weighted by Gasteiger charge is 2.22. The van der Waals surface area contributed by atoms with Gasteiger partial charge in [-0.1, -0.05) is 5.16 Å². The summed E-state index contributed by atoms with van der Waals surface area (Å²) >= 11 is 0. The van der Waals surface area contributed by atoms with E-state index in [1.165, 1.54) is 19.4 Å². The molecule has 5 nitrogen and oxygen atoms in total. The average molecular weight is 302 g/mol. The van der Waals surface area contributed by atoms with Crippen LogP contribution in [0.1, 0.15) is 11.3 Å². The van der Waals surface area contributed by atoms with E-state index in [1.807, 2.05) is 0 Å². The first-order valence-electron chi connectivity index (χ1n) is 5.63. The maximum absolute atomic E-state index is 13.1. The van der Waals surface area contributed by atoms with Crippen molar-refractivity contribution in [2.75, 3.05) is 11.4 Å². The average Bonchev–Trinajstić information content (AvgIpc) is 2.77. The minimum atomic E-state index is -3.77. The number of aryl methyl sites for hydroxylation is 1. The fraction of sp³-hybridized carbons (Fsp3) is 0.250. The van der Waals surface area contributed by atoms with Crippen LogP contribution in [0.3, 0.4) is 0 Å². The van der Waals surface area contributed by atoms with E-state index in [9.17, 15) is 17.2 Å². The van der Waals surface area contributed by atoms with Crippen LogP contribution in [-0.2, 0) is 15.8 Å². The highest BCUT2D eigenvalue weighted by Crippen LogP contribution is 2.21. The predicted octanol–water partition coefficient (Wildman–Crippen LogP) is 2.23. The fourth-order valence-corrected chi connectivity index (χ4v) is 2.81. The van der Waals surface area contributed by atoms with E-state index >= 15 is 0 Å². The van der Waals surface area contributed by atoms with Crippen LogP contribution in [0.4, 0.5) is 14.5 Å². The lowest BCUT2D eigenvalue weighted by Crippen LogP contribution is -2.28. The Morgan fingerprint density at radius 1 is 1.30 bits per heavy atom. The Hall–Kier alpha value is -1.96. The van der Waals surface area contributed by atoms with Crippen LogP contribution in [0.5, 0.6) is 0 Å². The smallest absolute Gasteiger partial charge is 0.240 e. The van der Waals surface area contributed by atoms with E-state index in [-0.39, 0.29) is 17.1 Å². The van der Waals surface area contributed by atoms with Crippen molar-refractivity contribution in [1.82, 2.24) is 5.16 Å². The quantitative estimate of drug-likeness (QED) is 0.869. The van der Waals surface area contributed by atoms with Crippen molar-refractivity contribution in [3.8, 4) is 0 Å². The van der Waals surface area contributed by atoms with Gasteiger partial charge in [-0.3, -0.25) is 4.31 Å². The summed E-state index contributed by atoms with van der Waals surface area (Å²) in [5.41, 5.74) is 0.914. The normalized spacial score (nSPS) is 11.6. The van der Waals surface area contributed by atoms with Gasteiger partial charge in [0.25, 0.3) is 0 Å². The molecule has 1 heterocycles. The van der Waals surface area contributed by atoms with Crippen LogP contribution in [0.2, 0.25) is 0 Å². The van der Waals surface area contributed by atoms with Gasteiger partial charge in [-0.15, -0.1) is 0 Å². The summed E-state index contributed by atoms with van der Waals surface area (Å²) in [5.74, 6) is -2.53. The number of aromatic nitrogens is 1. The van der Waals surface area contributed by atoms with Crippen LogP contribution < -0.4 is 4.31 Å². The molecule has 0 amide bonds. The number of anilines is 1. The second kappa shape index (κ2) is 5.20. The van der Waals surface area contributed by atoms with E-state index in [1.54, 1.807) is 6.92 Å². The standard InChI is InChI=1S/C12H12F2N2O3S/c1-8-6-19-15-12(8)7-20(17,18)16(2)9-3-4-10(13)11(14)5-9/h3-6H,7H2,1-2H3. The molecule has 8 heteroatoms. The number of halogens is 2. The molecular formula is C12H12F2N2O3S. The van der Waals surface area contributed by atoms with Crippen LogP contribution in [0.25, 0.3) is 0 Å². The molecule has 20 heavy (non-hydrogen) atoms. The van der Waals surface area contributed by atoms with Gasteiger partial charge in [0.2, 0.25) is 10.0 Å². The molecule has 0 aliphatic rings. The van der Waals surface area contributed by atoms with Crippen LogP contribution in [-0.4, -0.2) is 20.6 Å². The predicted molar refractivity (Wildman–Crippen MR) is 68.6 cm³/mol. The third-order valence-electron chi connectivity index (χ3n) is 2.85. The molecule has 0 saturated carbocycles. The molecule has 0 fully saturated rings. The highest BCUT2D eigenvalue weighted by molar-refractivity contribution is 7.92. The minimum Gasteiger partial charge on any atom is -0.364 e. The molecule has 0 atom stereocenters. The Morgan fingerprint density at radius 3 is 2.55 bits per heavy atom. The molecule has 108 valence electrons. The fourth-order valence-electron chi connectivity index (χ4n) is 1.56. The van der Waals surface area contributed by atoms with Gasteiger partial charge in [0, 0.05) is 18.7 Å². The van der Waals surface area contributed by atoms with Gasteiger partial charge in [0.05, 0.1) is 5.69 Å². The largest absolute Gasteiger partial charge is 0.364 e. The zero-order valence-corrected chi connectivity index (χ0v) is 11.6. The summed E-state index contributed by atoms with van der Waals surface area (Å²) < 4.78 is 55.9. The Bertz CT molecular complexity index is 728. The van der Waals surface area contributed by atoms with Gasteiger partial charge in [-0.05, 0) is 19.1 Å². The summed E-state index contributed by atoms with van der Waals surface area (Å²) in [6, 6.07) is 2.88. The molecule has 2 rings (SSSR count). The van der Waals surface area contributed by atoms with Crippen molar-refractivity contribution in [2.45, 2.75) is 12.7 Å². The topological polar surface area (TPSA) is 63.4 Å². The molecule has 0 aliphatic carbocycles. The van der Waals surface area contributed by atoms with Gasteiger partial charge in [0.15, 0.2) is 11.6 Å². The Labute approximate surface area is 114 Å². The monoisotopic (exact) mass is 302 g/mol. The number of sulfonamides is 1. The summed E-state index contributed by atoms with van der Waals surface area (Å²) in [5, 5.41) is 3.59. The molecule has 1 aromatic heterocycles. The first-order chi connectivity index (χ1) is 9.31. The molecule has 0 spiro atoms. The number of benzene rings is 1. The minimum absolute atomic E-state index is 0.0325. The zero-order chi connectivity index (χ0) is 14.9. The molecule has 1 aromatic carbocycles. The van der Waals surface area contributed by atoms with Crippen molar-refractivity contribution in [3.05, 3.63) is 47.4 Å².